The molecule has 1 aliphatic rings. The summed E-state index contributed by atoms with van der Waals surface area (Å²) in [5.41, 5.74) is 6.96. The average molecular weight is 246 g/mol. The fourth-order valence-corrected chi connectivity index (χ4v) is 2.44. The summed E-state index contributed by atoms with van der Waals surface area (Å²) in [5, 5.41) is 8.98. The number of nitrogen functional groups attached to an aromatic ring is 1. The van der Waals surface area contributed by atoms with Gasteiger partial charge in [-0.2, -0.15) is 5.26 Å². The van der Waals surface area contributed by atoms with Gasteiger partial charge in [-0.25, -0.2) is 4.98 Å². The number of nitriles is 1. The largest absolute Gasteiger partial charge is 0.395 e. The summed E-state index contributed by atoms with van der Waals surface area (Å²) in [6.45, 7) is 2.58. The van der Waals surface area contributed by atoms with E-state index in [1.54, 1.807) is 19.4 Å². The number of ether oxygens (including phenoxy) is 1. The average Bonchev–Trinajstić information content (AvgIpc) is 2.40. The van der Waals surface area contributed by atoms with Crippen molar-refractivity contribution in [3.05, 3.63) is 17.8 Å². The molecule has 1 atom stereocenters. The molecule has 1 aromatic rings. The monoisotopic (exact) mass is 246 g/mol. The molecule has 18 heavy (non-hydrogen) atoms. The van der Waals surface area contributed by atoms with Crippen LogP contribution in [0, 0.1) is 17.2 Å². The molecule has 1 saturated heterocycles. The normalized spacial score (nSPS) is 19.6. The van der Waals surface area contributed by atoms with Gasteiger partial charge in [0.1, 0.15) is 6.07 Å². The molecule has 1 aliphatic heterocycles. The Balaban J connectivity index is 2.18. The van der Waals surface area contributed by atoms with Crippen LogP contribution in [0.3, 0.4) is 0 Å². The summed E-state index contributed by atoms with van der Waals surface area (Å²) in [6, 6.07) is 3.74. The van der Waals surface area contributed by atoms with E-state index in [2.05, 4.69) is 16.0 Å². The molecule has 0 aliphatic carbocycles. The molecule has 0 bridgehead atoms. The molecule has 0 saturated carbocycles. The van der Waals surface area contributed by atoms with E-state index in [-0.39, 0.29) is 0 Å². The third kappa shape index (κ3) is 2.54. The number of hydrogen-bond acceptors (Lipinski definition) is 5. The minimum atomic E-state index is 0.484. The molecule has 0 spiro atoms. The van der Waals surface area contributed by atoms with E-state index in [4.69, 9.17) is 15.7 Å². The van der Waals surface area contributed by atoms with Gasteiger partial charge in [0.15, 0.2) is 5.82 Å². The standard InChI is InChI=1S/C13H18N4O/c1-18-9-10-3-2-6-17(8-10)13-12(15)11(7-14)4-5-16-13/h4-5,10H,2-3,6,8-9,15H2,1H3. The van der Waals surface area contributed by atoms with Crippen molar-refractivity contribution < 1.29 is 4.74 Å². The lowest BCUT2D eigenvalue weighted by Gasteiger charge is -2.33. The lowest BCUT2D eigenvalue weighted by molar-refractivity contribution is 0.143. The van der Waals surface area contributed by atoms with E-state index >= 15 is 0 Å². The summed E-state index contributed by atoms with van der Waals surface area (Å²) >= 11 is 0. The summed E-state index contributed by atoms with van der Waals surface area (Å²) in [7, 11) is 1.72. The van der Waals surface area contributed by atoms with Crippen LogP contribution in [0.15, 0.2) is 12.3 Å². The zero-order valence-electron chi connectivity index (χ0n) is 10.6. The van der Waals surface area contributed by atoms with Gasteiger partial charge in [-0.1, -0.05) is 0 Å². The van der Waals surface area contributed by atoms with Crippen molar-refractivity contribution in [2.75, 3.05) is 37.4 Å². The van der Waals surface area contributed by atoms with Crippen molar-refractivity contribution in [1.82, 2.24) is 4.98 Å². The maximum Gasteiger partial charge on any atom is 0.153 e. The van der Waals surface area contributed by atoms with Crippen LogP contribution >= 0.6 is 0 Å². The number of rotatable bonds is 3. The van der Waals surface area contributed by atoms with Crippen LogP contribution in [-0.2, 0) is 4.74 Å². The van der Waals surface area contributed by atoms with Gasteiger partial charge >= 0.3 is 0 Å². The maximum atomic E-state index is 8.98. The highest BCUT2D eigenvalue weighted by molar-refractivity contribution is 5.70. The molecule has 0 aromatic carbocycles. The fraction of sp³-hybridized carbons (Fsp3) is 0.538. The summed E-state index contributed by atoms with van der Waals surface area (Å²) in [5.74, 6) is 1.24. The molecule has 5 nitrogen and oxygen atoms in total. The molecule has 2 heterocycles. The first-order valence-corrected chi connectivity index (χ1v) is 6.14. The first-order chi connectivity index (χ1) is 8.76. The molecule has 0 radical (unpaired) electrons. The third-order valence-corrected chi connectivity index (χ3v) is 3.31. The number of hydrogen-bond donors (Lipinski definition) is 1. The second-order valence-electron chi connectivity index (χ2n) is 4.62. The van der Waals surface area contributed by atoms with Crippen LogP contribution < -0.4 is 10.6 Å². The van der Waals surface area contributed by atoms with Crippen molar-refractivity contribution in [3.63, 3.8) is 0 Å². The predicted octanol–water partition coefficient (Wildman–Crippen LogP) is 1.40. The smallest absolute Gasteiger partial charge is 0.153 e. The van der Waals surface area contributed by atoms with Crippen LogP contribution in [0.5, 0.6) is 0 Å². The van der Waals surface area contributed by atoms with Crippen molar-refractivity contribution in [2.24, 2.45) is 5.92 Å². The lowest BCUT2D eigenvalue weighted by atomic mass is 9.99. The summed E-state index contributed by atoms with van der Waals surface area (Å²) < 4.78 is 5.21. The van der Waals surface area contributed by atoms with E-state index in [1.165, 1.54) is 6.42 Å². The molecule has 1 aromatic heterocycles. The van der Waals surface area contributed by atoms with Crippen LogP contribution in [-0.4, -0.2) is 31.8 Å². The lowest BCUT2D eigenvalue weighted by Crippen LogP contribution is -2.38. The second kappa shape index (κ2) is 5.69. The zero-order chi connectivity index (χ0) is 13.0. The van der Waals surface area contributed by atoms with Gasteiger partial charge in [0.2, 0.25) is 0 Å². The number of piperidine rings is 1. The minimum absolute atomic E-state index is 0.484. The van der Waals surface area contributed by atoms with E-state index in [0.29, 0.717) is 17.2 Å². The van der Waals surface area contributed by atoms with Crippen LogP contribution in [0.25, 0.3) is 0 Å². The molecule has 0 amide bonds. The number of aromatic nitrogens is 1. The van der Waals surface area contributed by atoms with E-state index in [1.807, 2.05) is 0 Å². The van der Waals surface area contributed by atoms with Crippen LogP contribution in [0.1, 0.15) is 18.4 Å². The van der Waals surface area contributed by atoms with E-state index in [9.17, 15) is 0 Å². The van der Waals surface area contributed by atoms with Gasteiger partial charge in [0.05, 0.1) is 17.9 Å². The van der Waals surface area contributed by atoms with E-state index < -0.39 is 0 Å². The molecule has 1 unspecified atom stereocenters. The molecule has 2 N–H and O–H groups in total. The van der Waals surface area contributed by atoms with Crippen LogP contribution in [0.4, 0.5) is 11.5 Å². The Labute approximate surface area is 107 Å². The Morgan fingerprint density at radius 2 is 2.50 bits per heavy atom. The molecule has 96 valence electrons. The highest BCUT2D eigenvalue weighted by atomic mass is 16.5. The first-order valence-electron chi connectivity index (χ1n) is 6.14. The quantitative estimate of drug-likeness (QED) is 0.872. The molecule has 5 heteroatoms. The highest BCUT2D eigenvalue weighted by Crippen LogP contribution is 2.28. The van der Waals surface area contributed by atoms with Gasteiger partial charge in [-0.15, -0.1) is 0 Å². The topological polar surface area (TPSA) is 75.2 Å². The SMILES string of the molecule is COCC1CCCN(c2nccc(C#N)c2N)C1. The molecule has 1 fully saturated rings. The Kier molecular flexibility index (Phi) is 4.00. The number of nitrogens with two attached hydrogens (primary N) is 1. The minimum Gasteiger partial charge on any atom is -0.395 e. The first kappa shape index (κ1) is 12.7. The summed E-state index contributed by atoms with van der Waals surface area (Å²) in [6.07, 6.45) is 3.91. The Morgan fingerprint density at radius 3 is 3.22 bits per heavy atom. The molecule has 2 rings (SSSR count). The van der Waals surface area contributed by atoms with Crippen molar-refractivity contribution in [1.29, 1.82) is 5.26 Å². The predicted molar refractivity (Wildman–Crippen MR) is 70.2 cm³/mol. The number of nitrogens with zero attached hydrogens (tertiary/aromatic N) is 3. The fourth-order valence-electron chi connectivity index (χ4n) is 2.44. The maximum absolute atomic E-state index is 8.98. The van der Waals surface area contributed by atoms with Gasteiger partial charge in [0, 0.05) is 26.4 Å². The third-order valence-electron chi connectivity index (χ3n) is 3.31. The van der Waals surface area contributed by atoms with Gasteiger partial charge in [0.25, 0.3) is 0 Å². The number of anilines is 2. The van der Waals surface area contributed by atoms with Crippen molar-refractivity contribution >= 4 is 11.5 Å². The van der Waals surface area contributed by atoms with Gasteiger partial charge < -0.3 is 15.4 Å². The van der Waals surface area contributed by atoms with Gasteiger partial charge in [-0.05, 0) is 24.8 Å². The Hall–Kier alpha value is -1.80. The molecular weight excluding hydrogens is 228 g/mol. The number of pyridine rings is 1. The second-order valence-corrected chi connectivity index (χ2v) is 4.62. The van der Waals surface area contributed by atoms with Gasteiger partial charge in [-0.3, -0.25) is 0 Å². The zero-order valence-corrected chi connectivity index (χ0v) is 10.6. The summed E-state index contributed by atoms with van der Waals surface area (Å²) in [4.78, 5) is 6.47. The Morgan fingerprint density at radius 1 is 1.67 bits per heavy atom. The van der Waals surface area contributed by atoms with E-state index in [0.717, 1.165) is 31.9 Å². The molecular formula is C13H18N4O. The number of methoxy groups -OCH3 is 1. The highest BCUT2D eigenvalue weighted by Gasteiger charge is 2.22. The Bertz CT molecular complexity index is 453. The van der Waals surface area contributed by atoms with Crippen LogP contribution in [0.2, 0.25) is 0 Å². The van der Waals surface area contributed by atoms with Crippen molar-refractivity contribution in [3.8, 4) is 6.07 Å². The van der Waals surface area contributed by atoms with Crippen molar-refractivity contribution in [2.45, 2.75) is 12.8 Å².